The zero-order valence-electron chi connectivity index (χ0n) is 12.4. The summed E-state index contributed by atoms with van der Waals surface area (Å²) in [5.74, 6) is 0.135. The van der Waals surface area contributed by atoms with Crippen LogP contribution >= 0.6 is 0 Å². The van der Waals surface area contributed by atoms with E-state index in [2.05, 4.69) is 9.97 Å². The molecule has 120 valence electrons. The van der Waals surface area contributed by atoms with Gasteiger partial charge in [-0.15, -0.1) is 0 Å². The first kappa shape index (κ1) is 15.0. The SMILES string of the molecule is Nc1ccnc(N2CC[C@]3(O)CCN(CC(=O)O)C[C@@H]3C2)n1. The van der Waals surface area contributed by atoms with E-state index in [1.807, 2.05) is 9.80 Å². The first-order chi connectivity index (χ1) is 10.5. The molecule has 0 radical (unpaired) electrons. The number of piperidine rings is 2. The van der Waals surface area contributed by atoms with Crippen molar-refractivity contribution in [2.24, 2.45) is 5.92 Å². The van der Waals surface area contributed by atoms with Gasteiger partial charge >= 0.3 is 5.97 Å². The summed E-state index contributed by atoms with van der Waals surface area (Å²) in [6, 6.07) is 1.64. The Kier molecular flexibility index (Phi) is 3.88. The van der Waals surface area contributed by atoms with E-state index < -0.39 is 11.6 Å². The second kappa shape index (κ2) is 5.69. The first-order valence-corrected chi connectivity index (χ1v) is 7.46. The van der Waals surface area contributed by atoms with E-state index in [1.54, 1.807) is 12.3 Å². The summed E-state index contributed by atoms with van der Waals surface area (Å²) in [6.07, 6.45) is 2.86. The Balaban J connectivity index is 1.72. The number of rotatable bonds is 3. The molecule has 22 heavy (non-hydrogen) atoms. The molecule has 0 unspecified atom stereocenters. The molecule has 4 N–H and O–H groups in total. The van der Waals surface area contributed by atoms with Gasteiger partial charge in [0.2, 0.25) is 5.95 Å². The Morgan fingerprint density at radius 1 is 1.41 bits per heavy atom. The summed E-state index contributed by atoms with van der Waals surface area (Å²) in [4.78, 5) is 23.2. The molecular weight excluding hydrogens is 286 g/mol. The summed E-state index contributed by atoms with van der Waals surface area (Å²) in [7, 11) is 0. The van der Waals surface area contributed by atoms with E-state index in [9.17, 15) is 9.90 Å². The van der Waals surface area contributed by atoms with Crippen LogP contribution in [0.5, 0.6) is 0 Å². The third-order valence-corrected chi connectivity index (χ3v) is 4.66. The van der Waals surface area contributed by atoms with Crippen LogP contribution in [0.15, 0.2) is 12.3 Å². The standard InChI is InChI=1S/C14H21N5O3/c15-11-1-4-16-13(17-11)19-6-3-14(22)2-5-18(9-12(20)21)7-10(14)8-19/h1,4,10,22H,2-3,5-9H2,(H,20,21)(H2,15,16,17)/t10-,14-/m1/s1. The minimum absolute atomic E-state index is 0.0145. The summed E-state index contributed by atoms with van der Waals surface area (Å²) in [5, 5.41) is 19.7. The molecule has 2 saturated heterocycles. The van der Waals surface area contributed by atoms with Crippen LogP contribution in [-0.4, -0.2) is 69.4 Å². The lowest BCUT2D eigenvalue weighted by Crippen LogP contribution is -2.60. The van der Waals surface area contributed by atoms with Crippen molar-refractivity contribution in [3.63, 3.8) is 0 Å². The molecule has 2 aliphatic rings. The van der Waals surface area contributed by atoms with Crippen molar-refractivity contribution in [3.05, 3.63) is 12.3 Å². The van der Waals surface area contributed by atoms with Crippen molar-refractivity contribution in [2.45, 2.75) is 18.4 Å². The number of nitrogens with two attached hydrogens (primary N) is 1. The number of aromatic nitrogens is 2. The maximum absolute atomic E-state index is 10.9. The summed E-state index contributed by atoms with van der Waals surface area (Å²) >= 11 is 0. The van der Waals surface area contributed by atoms with Crippen LogP contribution in [0.25, 0.3) is 0 Å². The molecule has 8 heteroatoms. The Morgan fingerprint density at radius 3 is 2.91 bits per heavy atom. The van der Waals surface area contributed by atoms with Crippen LogP contribution in [-0.2, 0) is 4.79 Å². The number of fused-ring (bicyclic) bond motifs is 1. The average Bonchev–Trinajstić information content (AvgIpc) is 2.46. The maximum atomic E-state index is 10.9. The van der Waals surface area contributed by atoms with Gasteiger partial charge in [-0.25, -0.2) is 4.98 Å². The number of aliphatic carboxylic acids is 1. The number of carboxylic acid groups (broad SMARTS) is 1. The van der Waals surface area contributed by atoms with Gasteiger partial charge in [-0.2, -0.15) is 4.98 Å². The Bertz CT molecular complexity index is 569. The minimum atomic E-state index is -0.836. The number of likely N-dealkylation sites (tertiary alicyclic amines) is 1. The van der Waals surface area contributed by atoms with Gasteiger partial charge in [0.25, 0.3) is 0 Å². The first-order valence-electron chi connectivity index (χ1n) is 7.46. The van der Waals surface area contributed by atoms with Crippen molar-refractivity contribution < 1.29 is 15.0 Å². The number of hydrogen-bond acceptors (Lipinski definition) is 7. The van der Waals surface area contributed by atoms with Crippen molar-refractivity contribution in [2.75, 3.05) is 43.4 Å². The largest absolute Gasteiger partial charge is 0.480 e. The van der Waals surface area contributed by atoms with Crippen LogP contribution in [0.3, 0.4) is 0 Å². The fourth-order valence-electron chi connectivity index (χ4n) is 3.40. The molecule has 1 aromatic rings. The molecule has 3 rings (SSSR count). The molecule has 8 nitrogen and oxygen atoms in total. The molecular formula is C14H21N5O3. The van der Waals surface area contributed by atoms with Gasteiger partial charge in [0.15, 0.2) is 0 Å². The van der Waals surface area contributed by atoms with Crippen LogP contribution in [0.1, 0.15) is 12.8 Å². The van der Waals surface area contributed by atoms with Gasteiger partial charge < -0.3 is 20.8 Å². The van der Waals surface area contributed by atoms with Gasteiger partial charge in [0.05, 0.1) is 12.1 Å². The van der Waals surface area contributed by atoms with Crippen molar-refractivity contribution in [1.82, 2.24) is 14.9 Å². The molecule has 2 fully saturated rings. The lowest BCUT2D eigenvalue weighted by molar-refractivity contribution is -0.141. The molecule has 0 aromatic carbocycles. The molecule has 2 atom stereocenters. The van der Waals surface area contributed by atoms with Crippen LogP contribution < -0.4 is 10.6 Å². The van der Waals surface area contributed by atoms with Gasteiger partial charge in [-0.05, 0) is 18.9 Å². The van der Waals surface area contributed by atoms with Gasteiger partial charge in [-0.1, -0.05) is 0 Å². The van der Waals surface area contributed by atoms with Gasteiger partial charge in [0.1, 0.15) is 5.82 Å². The lowest BCUT2D eigenvalue weighted by Gasteiger charge is -2.50. The molecule has 0 aliphatic carbocycles. The molecule has 1 aromatic heterocycles. The highest BCUT2D eigenvalue weighted by Crippen LogP contribution is 2.36. The number of carbonyl (C=O) groups is 1. The maximum Gasteiger partial charge on any atom is 0.317 e. The Morgan fingerprint density at radius 2 is 2.18 bits per heavy atom. The second-order valence-corrected chi connectivity index (χ2v) is 6.16. The number of nitrogens with zero attached hydrogens (tertiary/aromatic N) is 4. The normalized spacial score (nSPS) is 29.1. The summed E-state index contributed by atoms with van der Waals surface area (Å²) in [5.41, 5.74) is 4.98. The van der Waals surface area contributed by atoms with Crippen molar-refractivity contribution in [3.8, 4) is 0 Å². The number of carboxylic acids is 1. The van der Waals surface area contributed by atoms with E-state index in [0.29, 0.717) is 50.8 Å². The quantitative estimate of drug-likeness (QED) is 0.678. The van der Waals surface area contributed by atoms with Crippen molar-refractivity contribution in [1.29, 1.82) is 0 Å². The number of anilines is 2. The number of aliphatic hydroxyl groups is 1. The second-order valence-electron chi connectivity index (χ2n) is 6.16. The van der Waals surface area contributed by atoms with Gasteiger partial charge in [0, 0.05) is 38.3 Å². The van der Waals surface area contributed by atoms with E-state index in [4.69, 9.17) is 10.8 Å². The molecule has 0 bridgehead atoms. The Labute approximate surface area is 128 Å². The van der Waals surface area contributed by atoms with E-state index >= 15 is 0 Å². The highest BCUT2D eigenvalue weighted by atomic mass is 16.4. The minimum Gasteiger partial charge on any atom is -0.480 e. The van der Waals surface area contributed by atoms with Crippen LogP contribution in [0.2, 0.25) is 0 Å². The number of nitrogen functional groups attached to an aromatic ring is 1. The lowest BCUT2D eigenvalue weighted by atomic mass is 9.76. The summed E-state index contributed by atoms with van der Waals surface area (Å²) in [6.45, 7) is 2.49. The fraction of sp³-hybridized carbons (Fsp3) is 0.643. The highest BCUT2D eigenvalue weighted by Gasteiger charge is 2.45. The fourth-order valence-corrected chi connectivity index (χ4v) is 3.40. The zero-order chi connectivity index (χ0) is 15.7. The molecule has 0 saturated carbocycles. The monoisotopic (exact) mass is 307 g/mol. The molecule has 2 aliphatic heterocycles. The summed E-state index contributed by atoms with van der Waals surface area (Å²) < 4.78 is 0. The zero-order valence-corrected chi connectivity index (χ0v) is 12.4. The molecule has 0 spiro atoms. The van der Waals surface area contributed by atoms with E-state index in [0.717, 1.165) is 0 Å². The topological polar surface area (TPSA) is 116 Å². The molecule has 3 heterocycles. The smallest absolute Gasteiger partial charge is 0.317 e. The number of hydrogen-bond donors (Lipinski definition) is 3. The van der Waals surface area contributed by atoms with E-state index in [1.165, 1.54) is 0 Å². The van der Waals surface area contributed by atoms with E-state index in [-0.39, 0.29) is 12.5 Å². The predicted octanol–water partition coefficient (Wildman–Crippen LogP) is -0.593. The Hall–Kier alpha value is -1.93. The molecule has 0 amide bonds. The highest BCUT2D eigenvalue weighted by molar-refractivity contribution is 5.69. The van der Waals surface area contributed by atoms with Gasteiger partial charge in [-0.3, -0.25) is 9.69 Å². The van der Waals surface area contributed by atoms with Crippen molar-refractivity contribution >= 4 is 17.7 Å². The third-order valence-electron chi connectivity index (χ3n) is 4.66. The average molecular weight is 307 g/mol. The third kappa shape index (κ3) is 2.97. The predicted molar refractivity (Wildman–Crippen MR) is 80.4 cm³/mol. The van der Waals surface area contributed by atoms with Crippen LogP contribution in [0.4, 0.5) is 11.8 Å². The van der Waals surface area contributed by atoms with Crippen LogP contribution in [0, 0.1) is 5.92 Å².